The molecule has 1 amide bonds. The highest BCUT2D eigenvalue weighted by Crippen LogP contribution is 2.26. The number of carbonyl (C=O) groups is 1. The van der Waals surface area contributed by atoms with Crippen LogP contribution in [0.25, 0.3) is 0 Å². The molecule has 0 N–H and O–H groups in total. The lowest BCUT2D eigenvalue weighted by molar-refractivity contribution is -0.386. The molecule has 1 saturated heterocycles. The molecule has 0 unspecified atom stereocenters. The number of nitro benzene ring substituents is 1. The van der Waals surface area contributed by atoms with Crippen LogP contribution in [0.3, 0.4) is 0 Å². The van der Waals surface area contributed by atoms with Gasteiger partial charge in [-0.05, 0) is 24.3 Å². The number of para-hydroxylation sites is 2. The number of ether oxygens (including phenoxy) is 1. The summed E-state index contributed by atoms with van der Waals surface area (Å²) in [6.45, 7) is 3.43. The van der Waals surface area contributed by atoms with Crippen LogP contribution in [0.2, 0.25) is 0 Å². The molecule has 30 heavy (non-hydrogen) atoms. The van der Waals surface area contributed by atoms with Crippen LogP contribution in [0.15, 0.2) is 59.3 Å². The molecular formula is C20H21N5O5. The topological polar surface area (TPSA) is 107 Å². The summed E-state index contributed by atoms with van der Waals surface area (Å²) >= 11 is 0. The molecule has 0 radical (unpaired) electrons. The fourth-order valence-corrected chi connectivity index (χ4v) is 3.31. The number of benzene rings is 1. The van der Waals surface area contributed by atoms with E-state index >= 15 is 0 Å². The van der Waals surface area contributed by atoms with Crippen molar-refractivity contribution in [2.24, 2.45) is 0 Å². The van der Waals surface area contributed by atoms with E-state index in [2.05, 4.69) is 10.00 Å². The van der Waals surface area contributed by atoms with Crippen molar-refractivity contribution in [3.05, 3.63) is 76.5 Å². The van der Waals surface area contributed by atoms with E-state index in [-0.39, 0.29) is 24.1 Å². The Bertz CT molecular complexity index is 1010. The number of aromatic nitrogens is 2. The van der Waals surface area contributed by atoms with Gasteiger partial charge in [-0.2, -0.15) is 5.10 Å². The summed E-state index contributed by atoms with van der Waals surface area (Å²) in [5, 5.41) is 15.3. The first-order valence-electron chi connectivity index (χ1n) is 9.54. The maximum Gasteiger partial charge on any atom is 0.311 e. The number of nitro groups is 1. The average molecular weight is 411 g/mol. The van der Waals surface area contributed by atoms with Crippen molar-refractivity contribution in [2.45, 2.75) is 13.3 Å². The monoisotopic (exact) mass is 411 g/mol. The SMILES string of the molecule is O=C(c1ccn(COc2ccccc2[N+](=O)[O-])n1)N1CCN(Cc2ccco2)CC1. The Morgan fingerprint density at radius 1 is 1.13 bits per heavy atom. The zero-order valence-electron chi connectivity index (χ0n) is 16.2. The van der Waals surface area contributed by atoms with Gasteiger partial charge in [-0.25, -0.2) is 4.68 Å². The van der Waals surface area contributed by atoms with E-state index in [4.69, 9.17) is 9.15 Å². The van der Waals surface area contributed by atoms with Gasteiger partial charge in [0.05, 0.1) is 17.7 Å². The highest BCUT2D eigenvalue weighted by molar-refractivity contribution is 5.92. The van der Waals surface area contributed by atoms with Crippen molar-refractivity contribution in [3.63, 3.8) is 0 Å². The van der Waals surface area contributed by atoms with Crippen molar-refractivity contribution in [1.82, 2.24) is 19.6 Å². The number of amides is 1. The van der Waals surface area contributed by atoms with Gasteiger partial charge < -0.3 is 14.1 Å². The number of furan rings is 1. The molecular weight excluding hydrogens is 390 g/mol. The minimum absolute atomic E-state index is 0.0327. The summed E-state index contributed by atoms with van der Waals surface area (Å²) in [4.78, 5) is 27.3. The lowest BCUT2D eigenvalue weighted by atomic mass is 10.2. The number of rotatable bonds is 7. The number of piperazine rings is 1. The van der Waals surface area contributed by atoms with Crippen molar-refractivity contribution in [2.75, 3.05) is 26.2 Å². The third kappa shape index (κ3) is 4.49. The van der Waals surface area contributed by atoms with Crippen LogP contribution >= 0.6 is 0 Å². The lowest BCUT2D eigenvalue weighted by Crippen LogP contribution is -2.48. The molecule has 0 atom stereocenters. The van der Waals surface area contributed by atoms with Gasteiger partial charge in [0, 0.05) is 38.4 Å². The second kappa shape index (κ2) is 8.78. The summed E-state index contributed by atoms with van der Waals surface area (Å²) in [5.41, 5.74) is 0.203. The van der Waals surface area contributed by atoms with E-state index in [0.717, 1.165) is 25.4 Å². The Morgan fingerprint density at radius 2 is 1.93 bits per heavy atom. The van der Waals surface area contributed by atoms with E-state index in [9.17, 15) is 14.9 Å². The van der Waals surface area contributed by atoms with Gasteiger partial charge in [-0.3, -0.25) is 19.8 Å². The molecule has 0 spiro atoms. The summed E-state index contributed by atoms with van der Waals surface area (Å²) < 4.78 is 12.3. The maximum atomic E-state index is 12.7. The van der Waals surface area contributed by atoms with Crippen LogP contribution < -0.4 is 4.74 Å². The highest BCUT2D eigenvalue weighted by Gasteiger charge is 2.24. The van der Waals surface area contributed by atoms with Crippen LogP contribution in [-0.2, 0) is 13.3 Å². The van der Waals surface area contributed by atoms with Gasteiger partial charge in [0.15, 0.2) is 18.2 Å². The quantitative estimate of drug-likeness (QED) is 0.434. The van der Waals surface area contributed by atoms with Crippen LogP contribution in [0, 0.1) is 10.1 Å². The van der Waals surface area contributed by atoms with E-state index < -0.39 is 4.92 Å². The van der Waals surface area contributed by atoms with Gasteiger partial charge in [0.2, 0.25) is 0 Å². The Kier molecular flexibility index (Phi) is 5.75. The zero-order valence-corrected chi connectivity index (χ0v) is 16.2. The minimum Gasteiger partial charge on any atom is -0.468 e. The lowest BCUT2D eigenvalue weighted by Gasteiger charge is -2.33. The number of nitrogens with zero attached hydrogens (tertiary/aromatic N) is 5. The van der Waals surface area contributed by atoms with E-state index in [1.807, 2.05) is 12.1 Å². The smallest absolute Gasteiger partial charge is 0.311 e. The Hall–Kier alpha value is -3.66. The molecule has 3 heterocycles. The summed E-state index contributed by atoms with van der Waals surface area (Å²) in [6.07, 6.45) is 3.28. The van der Waals surface area contributed by atoms with Crippen LogP contribution in [0.4, 0.5) is 5.69 Å². The zero-order chi connectivity index (χ0) is 20.9. The molecule has 4 rings (SSSR count). The largest absolute Gasteiger partial charge is 0.468 e. The summed E-state index contributed by atoms with van der Waals surface area (Å²) in [7, 11) is 0. The second-order valence-electron chi connectivity index (χ2n) is 6.89. The Balaban J connectivity index is 1.31. The van der Waals surface area contributed by atoms with Gasteiger partial charge in [-0.15, -0.1) is 0 Å². The molecule has 0 bridgehead atoms. The molecule has 1 fully saturated rings. The molecule has 10 nitrogen and oxygen atoms in total. The standard InChI is InChI=1S/C20H21N5O5/c26-20(23-11-9-22(10-12-23)14-16-4-3-13-29-16)17-7-8-24(21-17)15-30-19-6-2-1-5-18(19)25(27)28/h1-8,13H,9-12,14-15H2. The Labute approximate surface area is 172 Å². The van der Waals surface area contributed by atoms with Crippen molar-refractivity contribution < 1.29 is 18.9 Å². The van der Waals surface area contributed by atoms with Crippen LogP contribution in [-0.4, -0.2) is 56.6 Å². The van der Waals surface area contributed by atoms with Crippen LogP contribution in [0.5, 0.6) is 5.75 Å². The average Bonchev–Trinajstić information content (AvgIpc) is 3.44. The molecule has 10 heteroatoms. The third-order valence-corrected chi connectivity index (χ3v) is 4.89. The minimum atomic E-state index is -0.501. The second-order valence-corrected chi connectivity index (χ2v) is 6.89. The van der Waals surface area contributed by atoms with Crippen molar-refractivity contribution >= 4 is 11.6 Å². The summed E-state index contributed by atoms with van der Waals surface area (Å²) in [5.74, 6) is 0.919. The predicted molar refractivity (Wildman–Crippen MR) is 106 cm³/mol. The van der Waals surface area contributed by atoms with Crippen molar-refractivity contribution in [3.8, 4) is 5.75 Å². The number of hydrogen-bond donors (Lipinski definition) is 0. The van der Waals surface area contributed by atoms with Crippen LogP contribution in [0.1, 0.15) is 16.2 Å². The third-order valence-electron chi connectivity index (χ3n) is 4.89. The fraction of sp³-hybridized carbons (Fsp3) is 0.300. The van der Waals surface area contributed by atoms with Gasteiger partial charge in [0.1, 0.15) is 5.76 Å². The first-order chi connectivity index (χ1) is 14.6. The van der Waals surface area contributed by atoms with Gasteiger partial charge >= 0.3 is 5.69 Å². The van der Waals surface area contributed by atoms with E-state index in [1.165, 1.54) is 16.8 Å². The molecule has 0 aliphatic carbocycles. The molecule has 1 aromatic carbocycles. The maximum absolute atomic E-state index is 12.7. The molecule has 1 aliphatic rings. The molecule has 2 aromatic heterocycles. The Morgan fingerprint density at radius 3 is 2.67 bits per heavy atom. The van der Waals surface area contributed by atoms with E-state index in [0.29, 0.717) is 18.8 Å². The normalized spacial score (nSPS) is 14.6. The highest BCUT2D eigenvalue weighted by atomic mass is 16.6. The number of hydrogen-bond acceptors (Lipinski definition) is 7. The van der Waals surface area contributed by atoms with Crippen molar-refractivity contribution in [1.29, 1.82) is 0 Å². The first kappa shape index (κ1) is 19.6. The summed E-state index contributed by atoms with van der Waals surface area (Å²) in [6, 6.07) is 11.6. The predicted octanol–water partition coefficient (Wildman–Crippen LogP) is 2.38. The number of carbonyl (C=O) groups excluding carboxylic acids is 1. The molecule has 0 saturated carbocycles. The molecule has 1 aliphatic heterocycles. The first-order valence-corrected chi connectivity index (χ1v) is 9.54. The molecule has 156 valence electrons. The van der Waals surface area contributed by atoms with Gasteiger partial charge in [-0.1, -0.05) is 12.1 Å². The van der Waals surface area contributed by atoms with Gasteiger partial charge in [0.25, 0.3) is 5.91 Å². The van der Waals surface area contributed by atoms with E-state index in [1.54, 1.807) is 35.6 Å². The molecule has 3 aromatic rings. The fourth-order valence-electron chi connectivity index (χ4n) is 3.31.